The highest BCUT2D eigenvalue weighted by Gasteiger charge is 2.26. The zero-order chi connectivity index (χ0) is 12.9. The van der Waals surface area contributed by atoms with Crippen molar-refractivity contribution >= 4 is 33.2 Å². The number of nitrogens with one attached hydrogen (secondary N) is 1. The molecule has 2 N–H and O–H groups in total. The Bertz CT molecular complexity index is 366. The average molecular weight is 320 g/mol. The van der Waals surface area contributed by atoms with Crippen molar-refractivity contribution in [2.24, 2.45) is 5.41 Å². The van der Waals surface area contributed by atoms with Gasteiger partial charge in [-0.2, -0.15) is 0 Å². The second-order valence-corrected chi connectivity index (χ2v) is 5.92. The molecule has 0 atom stereocenters. The van der Waals surface area contributed by atoms with Gasteiger partial charge in [-0.25, -0.2) is 0 Å². The van der Waals surface area contributed by atoms with Crippen LogP contribution in [0.5, 0.6) is 0 Å². The number of rotatable bonds is 6. The molecule has 0 saturated heterocycles. The first kappa shape index (κ1) is 14.7. The van der Waals surface area contributed by atoms with Crippen molar-refractivity contribution in [2.45, 2.75) is 26.7 Å². The number of halogens is 1. The molecule has 0 aliphatic carbocycles. The van der Waals surface area contributed by atoms with E-state index in [9.17, 15) is 9.90 Å². The van der Waals surface area contributed by atoms with Crippen LogP contribution in [-0.4, -0.2) is 24.2 Å². The monoisotopic (exact) mass is 319 g/mol. The van der Waals surface area contributed by atoms with Crippen molar-refractivity contribution in [1.29, 1.82) is 0 Å². The van der Waals surface area contributed by atoms with E-state index in [-0.39, 0.29) is 17.9 Å². The van der Waals surface area contributed by atoms with Crippen LogP contribution in [-0.2, 0) is 0 Å². The minimum atomic E-state index is -0.195. The van der Waals surface area contributed by atoms with Crippen molar-refractivity contribution in [2.75, 3.05) is 13.2 Å². The van der Waals surface area contributed by atoms with Gasteiger partial charge in [0.25, 0.3) is 5.91 Å². The second kappa shape index (κ2) is 6.52. The van der Waals surface area contributed by atoms with Gasteiger partial charge in [-0.15, -0.1) is 11.3 Å². The maximum absolute atomic E-state index is 11.9. The van der Waals surface area contributed by atoms with E-state index in [1.165, 1.54) is 11.3 Å². The van der Waals surface area contributed by atoms with E-state index < -0.39 is 0 Å². The van der Waals surface area contributed by atoms with Crippen molar-refractivity contribution in [1.82, 2.24) is 5.32 Å². The Balaban J connectivity index is 2.62. The smallest absolute Gasteiger partial charge is 0.262 e. The molecule has 1 rings (SSSR count). The zero-order valence-electron chi connectivity index (χ0n) is 10.1. The van der Waals surface area contributed by atoms with Gasteiger partial charge in [0.2, 0.25) is 0 Å². The van der Waals surface area contributed by atoms with Crippen molar-refractivity contribution in [3.63, 3.8) is 0 Å². The first-order chi connectivity index (χ1) is 8.08. The van der Waals surface area contributed by atoms with Crippen molar-refractivity contribution in [3.05, 3.63) is 20.8 Å². The predicted octanol–water partition coefficient (Wildman–Crippen LogP) is 3.04. The standard InChI is InChI=1S/C12H18BrNO2S/c1-3-12(4-2,8-15)7-14-11(16)10-9(13)5-6-17-10/h5-6,15H,3-4,7-8H2,1-2H3,(H,14,16). The van der Waals surface area contributed by atoms with Crippen LogP contribution in [0.25, 0.3) is 0 Å². The van der Waals surface area contributed by atoms with E-state index in [2.05, 4.69) is 21.2 Å². The van der Waals surface area contributed by atoms with Gasteiger partial charge in [0.15, 0.2) is 0 Å². The summed E-state index contributed by atoms with van der Waals surface area (Å²) in [6.45, 7) is 4.69. The predicted molar refractivity (Wildman–Crippen MR) is 74.5 cm³/mol. The molecule has 0 bridgehead atoms. The van der Waals surface area contributed by atoms with Crippen molar-refractivity contribution in [3.8, 4) is 0 Å². The number of aliphatic hydroxyl groups is 1. The van der Waals surface area contributed by atoms with Gasteiger partial charge in [-0.1, -0.05) is 13.8 Å². The molecular weight excluding hydrogens is 302 g/mol. The van der Waals surface area contributed by atoms with Crippen LogP contribution in [0.2, 0.25) is 0 Å². The topological polar surface area (TPSA) is 49.3 Å². The van der Waals surface area contributed by atoms with E-state index in [1.54, 1.807) is 0 Å². The van der Waals surface area contributed by atoms with Gasteiger partial charge in [0.05, 0.1) is 6.61 Å². The number of carbonyl (C=O) groups is 1. The summed E-state index contributed by atoms with van der Waals surface area (Å²) in [5, 5.41) is 14.2. The van der Waals surface area contributed by atoms with Gasteiger partial charge >= 0.3 is 0 Å². The lowest BCUT2D eigenvalue weighted by atomic mass is 9.83. The molecular formula is C12H18BrNO2S. The molecule has 0 fully saturated rings. The fourth-order valence-corrected chi connectivity index (χ4v) is 3.05. The Labute approximate surface area is 114 Å². The number of carbonyl (C=O) groups excluding carboxylic acids is 1. The maximum Gasteiger partial charge on any atom is 0.262 e. The van der Waals surface area contributed by atoms with Crippen LogP contribution in [0.3, 0.4) is 0 Å². The normalized spacial score (nSPS) is 11.5. The molecule has 1 heterocycles. The van der Waals surface area contributed by atoms with E-state index in [4.69, 9.17) is 0 Å². The second-order valence-electron chi connectivity index (χ2n) is 4.15. The summed E-state index contributed by atoms with van der Waals surface area (Å²) < 4.78 is 0.822. The summed E-state index contributed by atoms with van der Waals surface area (Å²) in [6, 6.07) is 1.86. The molecule has 1 aromatic rings. The summed E-state index contributed by atoms with van der Waals surface area (Å²) >= 11 is 4.75. The van der Waals surface area contributed by atoms with Gasteiger partial charge in [0.1, 0.15) is 4.88 Å². The number of amides is 1. The molecule has 5 heteroatoms. The zero-order valence-corrected chi connectivity index (χ0v) is 12.5. The molecule has 0 aliphatic rings. The lowest BCUT2D eigenvalue weighted by Gasteiger charge is -2.29. The highest BCUT2D eigenvalue weighted by molar-refractivity contribution is 9.10. The number of aliphatic hydroxyl groups excluding tert-OH is 1. The molecule has 0 radical (unpaired) electrons. The molecule has 0 aromatic carbocycles. The Morgan fingerprint density at radius 3 is 2.59 bits per heavy atom. The summed E-state index contributed by atoms with van der Waals surface area (Å²) in [4.78, 5) is 12.6. The van der Waals surface area contributed by atoms with E-state index in [0.29, 0.717) is 11.4 Å². The van der Waals surface area contributed by atoms with E-state index in [0.717, 1.165) is 17.3 Å². The molecule has 96 valence electrons. The van der Waals surface area contributed by atoms with Gasteiger partial charge in [0, 0.05) is 16.4 Å². The Morgan fingerprint density at radius 2 is 2.18 bits per heavy atom. The van der Waals surface area contributed by atoms with Crippen LogP contribution in [0.15, 0.2) is 15.9 Å². The lowest BCUT2D eigenvalue weighted by Crippen LogP contribution is -2.39. The fraction of sp³-hybridized carbons (Fsp3) is 0.583. The Kier molecular flexibility index (Phi) is 5.62. The number of hydrogen-bond acceptors (Lipinski definition) is 3. The van der Waals surface area contributed by atoms with E-state index in [1.807, 2.05) is 25.3 Å². The summed E-state index contributed by atoms with van der Waals surface area (Å²) in [5.74, 6) is -0.0772. The van der Waals surface area contributed by atoms with Crippen LogP contribution in [0.1, 0.15) is 36.4 Å². The van der Waals surface area contributed by atoms with Gasteiger partial charge in [-0.3, -0.25) is 4.79 Å². The molecule has 0 aliphatic heterocycles. The van der Waals surface area contributed by atoms with E-state index >= 15 is 0 Å². The summed E-state index contributed by atoms with van der Waals surface area (Å²) in [7, 11) is 0. The SMILES string of the molecule is CCC(CC)(CO)CNC(=O)c1sccc1Br. The van der Waals surface area contributed by atoms with Crippen LogP contribution < -0.4 is 5.32 Å². The average Bonchev–Trinajstić information content (AvgIpc) is 2.78. The maximum atomic E-state index is 11.9. The molecule has 0 saturated carbocycles. The molecule has 0 spiro atoms. The first-order valence-corrected chi connectivity index (χ1v) is 7.38. The summed E-state index contributed by atoms with van der Waals surface area (Å²) in [6.07, 6.45) is 1.71. The third-order valence-electron chi connectivity index (χ3n) is 3.28. The molecule has 3 nitrogen and oxygen atoms in total. The van der Waals surface area contributed by atoms with Crippen LogP contribution in [0, 0.1) is 5.41 Å². The largest absolute Gasteiger partial charge is 0.396 e. The minimum absolute atomic E-state index is 0.0772. The minimum Gasteiger partial charge on any atom is -0.396 e. The molecule has 17 heavy (non-hydrogen) atoms. The third-order valence-corrected chi connectivity index (χ3v) is 5.12. The molecule has 1 aromatic heterocycles. The highest BCUT2D eigenvalue weighted by atomic mass is 79.9. The van der Waals surface area contributed by atoms with Gasteiger partial charge < -0.3 is 10.4 Å². The first-order valence-electron chi connectivity index (χ1n) is 5.70. The summed E-state index contributed by atoms with van der Waals surface area (Å²) in [5.41, 5.74) is -0.195. The Hall–Kier alpha value is -0.390. The third kappa shape index (κ3) is 3.53. The Morgan fingerprint density at radius 1 is 1.53 bits per heavy atom. The lowest BCUT2D eigenvalue weighted by molar-refractivity contribution is 0.0854. The molecule has 1 amide bonds. The highest BCUT2D eigenvalue weighted by Crippen LogP contribution is 2.26. The quantitative estimate of drug-likeness (QED) is 0.846. The number of hydrogen-bond donors (Lipinski definition) is 2. The fourth-order valence-electron chi connectivity index (χ4n) is 1.58. The van der Waals surface area contributed by atoms with Crippen LogP contribution in [0.4, 0.5) is 0 Å². The number of thiophene rings is 1. The molecule has 0 unspecified atom stereocenters. The van der Waals surface area contributed by atoms with Gasteiger partial charge in [-0.05, 0) is 40.2 Å². The van der Waals surface area contributed by atoms with Crippen molar-refractivity contribution < 1.29 is 9.90 Å². The van der Waals surface area contributed by atoms with Crippen LogP contribution >= 0.6 is 27.3 Å².